The van der Waals surface area contributed by atoms with E-state index in [1.54, 1.807) is 26.2 Å². The van der Waals surface area contributed by atoms with Crippen molar-refractivity contribution in [3.05, 3.63) is 29.3 Å². The van der Waals surface area contributed by atoms with E-state index < -0.39 is 18.0 Å². The number of phenolic OH excluding ortho intramolecular Hbond substituents is 1. The van der Waals surface area contributed by atoms with E-state index in [0.29, 0.717) is 6.42 Å². The maximum atomic E-state index is 12.9. The van der Waals surface area contributed by atoms with Crippen LogP contribution < -0.4 is 10.8 Å². The van der Waals surface area contributed by atoms with Crippen molar-refractivity contribution in [3.8, 4) is 5.75 Å². The molecular weight excluding hydrogens is 358 g/mol. The third-order valence-electron chi connectivity index (χ3n) is 4.86. The molecule has 7 nitrogen and oxygen atoms in total. The highest BCUT2D eigenvalue weighted by molar-refractivity contribution is 5.89. The van der Waals surface area contributed by atoms with Gasteiger partial charge in [-0.1, -0.05) is 46.8 Å². The normalized spacial score (nSPS) is 13.9. The highest BCUT2D eigenvalue weighted by Gasteiger charge is 2.32. The predicted molar refractivity (Wildman–Crippen MR) is 110 cm³/mol. The monoisotopic (exact) mass is 393 g/mol. The Morgan fingerprint density at radius 2 is 1.86 bits per heavy atom. The maximum absolute atomic E-state index is 12.9. The van der Waals surface area contributed by atoms with Crippen molar-refractivity contribution < 1.29 is 19.5 Å². The third kappa shape index (κ3) is 5.94. The van der Waals surface area contributed by atoms with Crippen LogP contribution in [-0.2, 0) is 26.3 Å². The smallest absolute Gasteiger partial charge is 0.266 e. The number of hydroxylamine groups is 1. The Kier molecular flexibility index (Phi) is 8.45. The number of likely N-dealkylation sites (N-methyl/N-ethyl adjacent to an activating group) is 2. The van der Waals surface area contributed by atoms with Gasteiger partial charge in [0.15, 0.2) is 0 Å². The fourth-order valence-corrected chi connectivity index (χ4v) is 3.22. The number of benzene rings is 1. The third-order valence-corrected chi connectivity index (χ3v) is 4.86. The largest absolute Gasteiger partial charge is 0.508 e. The Balaban J connectivity index is 3.23. The van der Waals surface area contributed by atoms with Crippen molar-refractivity contribution in [2.24, 2.45) is 5.92 Å². The van der Waals surface area contributed by atoms with Gasteiger partial charge in [-0.05, 0) is 35.6 Å². The van der Waals surface area contributed by atoms with Gasteiger partial charge in [-0.2, -0.15) is 0 Å². The van der Waals surface area contributed by atoms with Crippen LogP contribution in [0.2, 0.25) is 0 Å². The summed E-state index contributed by atoms with van der Waals surface area (Å²) in [5, 5.41) is 13.2. The van der Waals surface area contributed by atoms with E-state index in [-0.39, 0.29) is 23.0 Å². The molecule has 0 fully saturated rings. The summed E-state index contributed by atoms with van der Waals surface area (Å²) in [7, 11) is 4.72. The van der Waals surface area contributed by atoms with Crippen LogP contribution in [0.15, 0.2) is 18.2 Å². The first-order valence-corrected chi connectivity index (χ1v) is 9.53. The minimum Gasteiger partial charge on any atom is -0.508 e. The van der Waals surface area contributed by atoms with E-state index in [9.17, 15) is 14.7 Å². The Morgan fingerprint density at radius 1 is 1.25 bits per heavy atom. The lowest BCUT2D eigenvalue weighted by atomic mass is 9.84. The second kappa shape index (κ2) is 9.89. The van der Waals surface area contributed by atoms with Gasteiger partial charge in [0, 0.05) is 13.5 Å². The van der Waals surface area contributed by atoms with Crippen molar-refractivity contribution in [2.75, 3.05) is 21.2 Å². The second-order valence-corrected chi connectivity index (χ2v) is 8.45. The molecule has 0 unspecified atom stereocenters. The Morgan fingerprint density at radius 3 is 2.32 bits per heavy atom. The standard InChI is InChI=1S/C21H35N3O4/c1-13(2)18(22-6)20(27)24(7)16(19(26)23-28-8)12-14-9-10-17(25)15(11-14)21(3,4)5/h9-11,13,16,18,22,25H,12H2,1-8H3,(H,23,26)/t16-,18-/m0/s1. The van der Waals surface area contributed by atoms with E-state index in [1.807, 2.05) is 40.7 Å². The number of aromatic hydroxyl groups is 1. The number of hydrogen-bond acceptors (Lipinski definition) is 5. The molecule has 7 heteroatoms. The minimum absolute atomic E-state index is 0.0762. The molecule has 2 atom stereocenters. The molecule has 2 amide bonds. The van der Waals surface area contributed by atoms with Gasteiger partial charge in [-0.25, -0.2) is 5.48 Å². The van der Waals surface area contributed by atoms with Gasteiger partial charge >= 0.3 is 0 Å². The van der Waals surface area contributed by atoms with Gasteiger partial charge < -0.3 is 15.3 Å². The van der Waals surface area contributed by atoms with Crippen molar-refractivity contribution in [3.63, 3.8) is 0 Å². The molecule has 0 aliphatic heterocycles. The predicted octanol–water partition coefficient (Wildman–Crippen LogP) is 1.98. The van der Waals surface area contributed by atoms with E-state index in [0.717, 1.165) is 11.1 Å². The SMILES string of the molecule is CN[C@H](C(=O)N(C)[C@@H](Cc1ccc(O)c(C(C)(C)C)c1)C(=O)NOC)C(C)C. The zero-order valence-electron chi connectivity index (χ0n) is 18.3. The molecular formula is C21H35N3O4. The number of phenols is 1. The molecule has 3 N–H and O–H groups in total. The molecule has 0 aliphatic rings. The number of hydrogen-bond donors (Lipinski definition) is 3. The van der Waals surface area contributed by atoms with Crippen LogP contribution in [0.3, 0.4) is 0 Å². The van der Waals surface area contributed by atoms with Crippen LogP contribution in [0.1, 0.15) is 45.7 Å². The van der Waals surface area contributed by atoms with Crippen molar-refractivity contribution in [1.82, 2.24) is 15.7 Å². The Hall–Kier alpha value is -2.12. The molecule has 0 saturated carbocycles. The summed E-state index contributed by atoms with van der Waals surface area (Å²) < 4.78 is 0. The molecule has 0 radical (unpaired) electrons. The molecule has 158 valence electrons. The quantitative estimate of drug-likeness (QED) is 0.588. The first kappa shape index (κ1) is 23.9. The van der Waals surface area contributed by atoms with Crippen molar-refractivity contribution >= 4 is 11.8 Å². The van der Waals surface area contributed by atoms with Gasteiger partial charge in [0.2, 0.25) is 5.91 Å². The molecule has 28 heavy (non-hydrogen) atoms. The zero-order valence-corrected chi connectivity index (χ0v) is 18.3. The molecule has 0 bridgehead atoms. The summed E-state index contributed by atoms with van der Waals surface area (Å²) in [5.74, 6) is -0.271. The molecule has 1 aromatic carbocycles. The zero-order chi connectivity index (χ0) is 21.6. The first-order chi connectivity index (χ1) is 12.9. The fourth-order valence-electron chi connectivity index (χ4n) is 3.22. The van der Waals surface area contributed by atoms with Crippen LogP contribution in [0, 0.1) is 5.92 Å². The number of carbonyl (C=O) groups is 2. The number of nitrogens with zero attached hydrogens (tertiary/aromatic N) is 1. The molecule has 0 saturated heterocycles. The van der Waals surface area contributed by atoms with Gasteiger partial charge in [0.05, 0.1) is 13.2 Å². The van der Waals surface area contributed by atoms with Crippen molar-refractivity contribution in [1.29, 1.82) is 0 Å². The molecule has 1 aromatic rings. The summed E-state index contributed by atoms with van der Waals surface area (Å²) >= 11 is 0. The number of amides is 2. The topological polar surface area (TPSA) is 90.9 Å². The van der Waals surface area contributed by atoms with Crippen molar-refractivity contribution in [2.45, 2.75) is 58.5 Å². The van der Waals surface area contributed by atoms with Gasteiger partial charge in [0.1, 0.15) is 11.8 Å². The molecule has 1 rings (SSSR count). The summed E-state index contributed by atoms with van der Waals surface area (Å²) in [4.78, 5) is 31.8. The first-order valence-electron chi connectivity index (χ1n) is 9.53. The lowest BCUT2D eigenvalue weighted by molar-refractivity contribution is -0.146. The number of rotatable bonds is 8. The lowest BCUT2D eigenvalue weighted by Crippen LogP contribution is -2.55. The van der Waals surface area contributed by atoms with E-state index >= 15 is 0 Å². The van der Waals surface area contributed by atoms with Crippen LogP contribution in [0.25, 0.3) is 0 Å². The van der Waals surface area contributed by atoms with Gasteiger partial charge in [0.25, 0.3) is 5.91 Å². The molecule has 0 aliphatic carbocycles. The number of carbonyl (C=O) groups excluding carboxylic acids is 2. The average molecular weight is 394 g/mol. The average Bonchev–Trinajstić information content (AvgIpc) is 2.59. The highest BCUT2D eigenvalue weighted by atomic mass is 16.6. The summed E-state index contributed by atoms with van der Waals surface area (Å²) in [6.07, 6.45) is 0.301. The van der Waals surface area contributed by atoms with Crippen LogP contribution in [-0.4, -0.2) is 55.1 Å². The van der Waals surface area contributed by atoms with Gasteiger partial charge in [-0.15, -0.1) is 0 Å². The van der Waals surface area contributed by atoms with E-state index in [2.05, 4.69) is 10.8 Å². The van der Waals surface area contributed by atoms with E-state index in [1.165, 1.54) is 12.0 Å². The summed E-state index contributed by atoms with van der Waals surface area (Å²) in [6.45, 7) is 9.93. The molecule has 0 spiro atoms. The Bertz CT molecular complexity index is 683. The van der Waals surface area contributed by atoms with Crippen LogP contribution in [0.4, 0.5) is 0 Å². The number of nitrogens with one attached hydrogen (secondary N) is 2. The van der Waals surface area contributed by atoms with Crippen LogP contribution >= 0.6 is 0 Å². The highest BCUT2D eigenvalue weighted by Crippen LogP contribution is 2.31. The molecule has 0 heterocycles. The van der Waals surface area contributed by atoms with Crippen LogP contribution in [0.5, 0.6) is 5.75 Å². The Labute approximate surface area is 168 Å². The minimum atomic E-state index is -0.751. The maximum Gasteiger partial charge on any atom is 0.266 e. The van der Waals surface area contributed by atoms with E-state index in [4.69, 9.17) is 4.84 Å². The van der Waals surface area contributed by atoms with Gasteiger partial charge in [-0.3, -0.25) is 14.4 Å². The molecule has 0 aromatic heterocycles. The summed E-state index contributed by atoms with van der Waals surface area (Å²) in [5.41, 5.74) is 3.74. The lowest BCUT2D eigenvalue weighted by Gasteiger charge is -2.32. The second-order valence-electron chi connectivity index (χ2n) is 8.45. The summed E-state index contributed by atoms with van der Waals surface area (Å²) in [6, 6.07) is 4.15. The fraction of sp³-hybridized carbons (Fsp3) is 0.619.